The SMILES string of the molecule is CC(C)(C)N(C(=O)O)C1CC[C@H](NC(=O)CNC(=O)c2cccc(C(F)(F)F)c2)[C@H](CS(=O)(=O)C(C)(C)C)C1. The number of carboxylic acid groups (broad SMARTS) is 1. The zero-order valence-electron chi connectivity index (χ0n) is 23.1. The van der Waals surface area contributed by atoms with Crippen LogP contribution in [0.5, 0.6) is 0 Å². The first-order valence-corrected chi connectivity index (χ1v) is 14.3. The molecule has 0 radical (unpaired) electrons. The quantitative estimate of drug-likeness (QED) is 0.447. The van der Waals surface area contributed by atoms with Crippen molar-refractivity contribution in [3.05, 3.63) is 35.4 Å². The zero-order chi connectivity index (χ0) is 30.0. The molecule has 0 bridgehead atoms. The van der Waals surface area contributed by atoms with Gasteiger partial charge in [0.2, 0.25) is 5.91 Å². The third-order valence-corrected chi connectivity index (χ3v) is 9.56. The summed E-state index contributed by atoms with van der Waals surface area (Å²) in [6.45, 7) is 9.43. The summed E-state index contributed by atoms with van der Waals surface area (Å²) in [5.41, 5.74) is -1.98. The number of benzene rings is 1. The lowest BCUT2D eigenvalue weighted by Crippen LogP contribution is -2.57. The maximum absolute atomic E-state index is 13.0. The second-order valence-electron chi connectivity index (χ2n) is 11.9. The van der Waals surface area contributed by atoms with Crippen LogP contribution in [0.1, 0.15) is 76.7 Å². The molecule has 0 aliphatic heterocycles. The summed E-state index contributed by atoms with van der Waals surface area (Å²) >= 11 is 0. The van der Waals surface area contributed by atoms with E-state index in [2.05, 4.69) is 10.6 Å². The Morgan fingerprint density at radius 3 is 2.18 bits per heavy atom. The van der Waals surface area contributed by atoms with Gasteiger partial charge < -0.3 is 20.6 Å². The summed E-state index contributed by atoms with van der Waals surface area (Å²) in [6, 6.07) is 2.74. The molecule has 9 nitrogen and oxygen atoms in total. The molecular weight excluding hydrogens is 539 g/mol. The van der Waals surface area contributed by atoms with Gasteiger partial charge in [0.1, 0.15) is 0 Å². The molecule has 0 aromatic heterocycles. The Kier molecular flexibility index (Phi) is 9.74. The van der Waals surface area contributed by atoms with Crippen LogP contribution in [-0.2, 0) is 20.8 Å². The van der Waals surface area contributed by atoms with Crippen LogP contribution in [0.4, 0.5) is 18.0 Å². The molecule has 1 aromatic carbocycles. The van der Waals surface area contributed by atoms with E-state index in [9.17, 15) is 41.1 Å². The van der Waals surface area contributed by atoms with E-state index in [1.54, 1.807) is 41.5 Å². The molecule has 13 heteroatoms. The third-order valence-electron chi connectivity index (χ3n) is 6.82. The van der Waals surface area contributed by atoms with Gasteiger partial charge >= 0.3 is 12.3 Å². The highest BCUT2D eigenvalue weighted by atomic mass is 32.2. The summed E-state index contributed by atoms with van der Waals surface area (Å²) in [7, 11) is -3.63. The molecule has 2 rings (SSSR count). The van der Waals surface area contributed by atoms with E-state index in [0.717, 1.165) is 12.1 Å². The van der Waals surface area contributed by atoms with Gasteiger partial charge in [-0.15, -0.1) is 0 Å². The van der Waals surface area contributed by atoms with E-state index < -0.39 is 74.3 Å². The number of alkyl halides is 3. The first-order valence-electron chi connectivity index (χ1n) is 12.6. The second-order valence-corrected chi connectivity index (χ2v) is 14.7. The van der Waals surface area contributed by atoms with Gasteiger partial charge in [-0.2, -0.15) is 13.2 Å². The van der Waals surface area contributed by atoms with Crippen molar-refractivity contribution in [1.29, 1.82) is 0 Å². The van der Waals surface area contributed by atoms with Crippen LogP contribution >= 0.6 is 0 Å². The molecule has 1 saturated carbocycles. The lowest BCUT2D eigenvalue weighted by atomic mass is 9.80. The van der Waals surface area contributed by atoms with Crippen molar-refractivity contribution in [3.8, 4) is 0 Å². The first kappa shape index (κ1) is 32.4. The smallest absolute Gasteiger partial charge is 0.416 e. The Bertz CT molecular complexity index is 1170. The molecule has 0 heterocycles. The predicted octanol–water partition coefficient (Wildman–Crippen LogP) is 4.08. The highest BCUT2D eigenvalue weighted by Gasteiger charge is 2.43. The van der Waals surface area contributed by atoms with Gasteiger partial charge in [0.05, 0.1) is 22.6 Å². The highest BCUT2D eigenvalue weighted by molar-refractivity contribution is 7.92. The number of rotatable bonds is 7. The van der Waals surface area contributed by atoms with Crippen molar-refractivity contribution >= 4 is 27.7 Å². The number of sulfone groups is 1. The van der Waals surface area contributed by atoms with Gasteiger partial charge in [-0.1, -0.05) is 6.07 Å². The molecule has 0 saturated heterocycles. The van der Waals surface area contributed by atoms with E-state index >= 15 is 0 Å². The van der Waals surface area contributed by atoms with Gasteiger partial charge in [0.25, 0.3) is 5.91 Å². The number of carbonyl (C=O) groups excluding carboxylic acids is 2. The molecule has 1 aromatic rings. The van der Waals surface area contributed by atoms with Crippen LogP contribution in [0.15, 0.2) is 24.3 Å². The van der Waals surface area contributed by atoms with E-state index in [1.807, 2.05) is 0 Å². The van der Waals surface area contributed by atoms with Gasteiger partial charge in [0, 0.05) is 23.2 Å². The maximum atomic E-state index is 13.0. The lowest BCUT2D eigenvalue weighted by molar-refractivity contribution is -0.137. The number of nitrogens with one attached hydrogen (secondary N) is 2. The highest BCUT2D eigenvalue weighted by Crippen LogP contribution is 2.34. The van der Waals surface area contributed by atoms with Crippen molar-refractivity contribution in [2.75, 3.05) is 12.3 Å². The zero-order valence-corrected chi connectivity index (χ0v) is 23.9. The second kappa shape index (κ2) is 11.7. The van der Waals surface area contributed by atoms with Crippen LogP contribution in [0.3, 0.4) is 0 Å². The Hall–Kier alpha value is -2.83. The molecule has 220 valence electrons. The molecule has 3 atom stereocenters. The number of amides is 3. The number of hydrogen-bond acceptors (Lipinski definition) is 5. The van der Waals surface area contributed by atoms with Crippen LogP contribution in [0.25, 0.3) is 0 Å². The van der Waals surface area contributed by atoms with Crippen molar-refractivity contribution in [1.82, 2.24) is 15.5 Å². The van der Waals surface area contributed by atoms with Gasteiger partial charge in [0.15, 0.2) is 9.84 Å². The third kappa shape index (κ3) is 8.58. The minimum atomic E-state index is -4.63. The molecular formula is C26H38F3N3O6S. The number of halogens is 3. The molecule has 0 spiro atoms. The van der Waals surface area contributed by atoms with E-state index in [0.29, 0.717) is 18.9 Å². The first-order chi connectivity index (χ1) is 17.6. The summed E-state index contributed by atoms with van der Waals surface area (Å²) in [6.07, 6.45) is -4.84. The number of nitrogens with zero attached hydrogens (tertiary/aromatic N) is 1. The number of carbonyl (C=O) groups is 3. The fraction of sp³-hybridized carbons (Fsp3) is 0.654. The van der Waals surface area contributed by atoms with Gasteiger partial charge in [-0.3, -0.25) is 9.59 Å². The largest absolute Gasteiger partial charge is 0.465 e. The topological polar surface area (TPSA) is 133 Å². The van der Waals surface area contributed by atoms with Crippen molar-refractivity contribution in [2.24, 2.45) is 5.92 Å². The van der Waals surface area contributed by atoms with E-state index in [1.165, 1.54) is 11.0 Å². The monoisotopic (exact) mass is 577 g/mol. The van der Waals surface area contributed by atoms with E-state index in [-0.39, 0.29) is 17.7 Å². The molecule has 3 amide bonds. The molecule has 39 heavy (non-hydrogen) atoms. The molecule has 1 fully saturated rings. The van der Waals surface area contributed by atoms with Crippen molar-refractivity contribution in [3.63, 3.8) is 0 Å². The fourth-order valence-electron chi connectivity index (χ4n) is 4.73. The Morgan fingerprint density at radius 2 is 1.67 bits per heavy atom. The predicted molar refractivity (Wildman–Crippen MR) is 140 cm³/mol. The minimum absolute atomic E-state index is 0.209. The summed E-state index contributed by atoms with van der Waals surface area (Å²) in [4.78, 5) is 38.4. The van der Waals surface area contributed by atoms with Crippen molar-refractivity contribution < 1.29 is 41.1 Å². The van der Waals surface area contributed by atoms with Crippen LogP contribution in [-0.4, -0.2) is 71.0 Å². The standard InChI is InChI=1S/C26H38F3N3O6S/c1-24(2,3)32(23(35)36)19-10-11-20(17(13-19)15-39(37,38)25(4,5)6)31-21(33)14-30-22(34)16-8-7-9-18(12-16)26(27,28)29/h7-9,12,17,19-20H,10-11,13-15H2,1-6H3,(H,30,34)(H,31,33)(H,35,36)/t17-,19?,20-/m0/s1. The minimum Gasteiger partial charge on any atom is -0.465 e. The Labute approximate surface area is 227 Å². The van der Waals surface area contributed by atoms with Gasteiger partial charge in [-0.05, 0) is 84.9 Å². The van der Waals surface area contributed by atoms with Gasteiger partial charge in [-0.25, -0.2) is 13.2 Å². The summed E-state index contributed by atoms with van der Waals surface area (Å²) in [5, 5.41) is 14.9. The average molecular weight is 578 g/mol. The van der Waals surface area contributed by atoms with Crippen LogP contribution in [0.2, 0.25) is 0 Å². The Morgan fingerprint density at radius 1 is 1.05 bits per heavy atom. The molecule has 3 N–H and O–H groups in total. The van der Waals surface area contributed by atoms with Crippen LogP contribution < -0.4 is 10.6 Å². The lowest BCUT2D eigenvalue weighted by Gasteiger charge is -2.45. The number of hydrogen-bond donors (Lipinski definition) is 3. The summed E-state index contributed by atoms with van der Waals surface area (Å²) in [5.74, 6) is -2.37. The fourth-order valence-corrected chi connectivity index (χ4v) is 6.16. The van der Waals surface area contributed by atoms with Crippen LogP contribution in [0, 0.1) is 5.92 Å². The normalized spacial score (nSPS) is 20.7. The molecule has 1 aliphatic rings. The molecule has 1 aliphatic carbocycles. The maximum Gasteiger partial charge on any atom is 0.416 e. The van der Waals surface area contributed by atoms with Crippen molar-refractivity contribution in [2.45, 2.75) is 89.4 Å². The van der Waals surface area contributed by atoms with E-state index in [4.69, 9.17) is 0 Å². The Balaban J connectivity index is 2.17. The summed E-state index contributed by atoms with van der Waals surface area (Å²) < 4.78 is 63.9. The molecule has 1 unspecified atom stereocenters. The average Bonchev–Trinajstić information content (AvgIpc) is 2.76.